The third-order valence-corrected chi connectivity index (χ3v) is 5.15. The van der Waals surface area contributed by atoms with Gasteiger partial charge in [0.15, 0.2) is 0 Å². The number of hydrogen-bond donors (Lipinski definition) is 5. The zero-order valence-electron chi connectivity index (χ0n) is 17.2. The SMILES string of the molecule is CC(C)C[C@H](NC(=O)[C@H](Cc1ccc(O)cc1)NC(=O)c1cc(Cl)ccc1Cl)B(O)O. The van der Waals surface area contributed by atoms with E-state index in [1.165, 1.54) is 24.3 Å². The third kappa shape index (κ3) is 7.74. The smallest absolute Gasteiger partial charge is 0.475 e. The molecule has 0 heterocycles. The van der Waals surface area contributed by atoms with Crippen molar-refractivity contribution in [3.63, 3.8) is 0 Å². The van der Waals surface area contributed by atoms with Crippen molar-refractivity contribution in [3.8, 4) is 5.75 Å². The average molecular weight is 467 g/mol. The highest BCUT2D eigenvalue weighted by molar-refractivity contribution is 6.43. The molecule has 0 saturated heterocycles. The summed E-state index contributed by atoms with van der Waals surface area (Å²) in [5.41, 5.74) is 0.791. The van der Waals surface area contributed by atoms with Crippen molar-refractivity contribution >= 4 is 42.1 Å². The molecule has 166 valence electrons. The minimum absolute atomic E-state index is 0.0693. The molecule has 0 radical (unpaired) electrons. The second-order valence-corrected chi connectivity index (χ2v) is 8.52. The molecule has 2 aromatic rings. The average Bonchev–Trinajstić information content (AvgIpc) is 2.69. The Morgan fingerprint density at radius 3 is 2.26 bits per heavy atom. The highest BCUT2D eigenvalue weighted by atomic mass is 35.5. The van der Waals surface area contributed by atoms with E-state index in [9.17, 15) is 24.7 Å². The summed E-state index contributed by atoms with van der Waals surface area (Å²) in [7, 11) is -1.75. The van der Waals surface area contributed by atoms with Gasteiger partial charge in [-0.05, 0) is 48.2 Å². The lowest BCUT2D eigenvalue weighted by Gasteiger charge is -2.24. The third-order valence-electron chi connectivity index (χ3n) is 4.58. The van der Waals surface area contributed by atoms with Crippen LogP contribution in [0.25, 0.3) is 0 Å². The molecule has 7 nitrogen and oxygen atoms in total. The molecular weight excluding hydrogens is 442 g/mol. The summed E-state index contributed by atoms with van der Waals surface area (Å²) in [5.74, 6) is -1.92. The molecule has 2 rings (SSSR count). The topological polar surface area (TPSA) is 119 Å². The molecule has 0 aliphatic heterocycles. The Hall–Kier alpha value is -2.26. The summed E-state index contributed by atoms with van der Waals surface area (Å²) < 4.78 is 0. The van der Waals surface area contributed by atoms with Crippen LogP contribution in [0.3, 0.4) is 0 Å². The van der Waals surface area contributed by atoms with E-state index in [1.54, 1.807) is 18.2 Å². The molecule has 10 heteroatoms. The Balaban J connectivity index is 2.26. The van der Waals surface area contributed by atoms with Crippen molar-refractivity contribution in [2.75, 3.05) is 0 Å². The second kappa shape index (κ2) is 11.4. The first kappa shape index (κ1) is 25.0. The van der Waals surface area contributed by atoms with Gasteiger partial charge in [0.25, 0.3) is 5.91 Å². The van der Waals surface area contributed by atoms with E-state index < -0.39 is 30.9 Å². The first-order valence-electron chi connectivity index (χ1n) is 9.77. The number of phenolic OH excluding ortho intramolecular Hbond substituents is 1. The first-order valence-corrected chi connectivity index (χ1v) is 10.5. The quantitative estimate of drug-likeness (QED) is 0.364. The number of halogens is 2. The van der Waals surface area contributed by atoms with Gasteiger partial charge < -0.3 is 25.8 Å². The van der Waals surface area contributed by atoms with Gasteiger partial charge in [-0.3, -0.25) is 9.59 Å². The number of rotatable bonds is 9. The molecule has 5 N–H and O–H groups in total. The minimum Gasteiger partial charge on any atom is -0.508 e. The van der Waals surface area contributed by atoms with Gasteiger partial charge in [-0.2, -0.15) is 0 Å². The van der Waals surface area contributed by atoms with Gasteiger partial charge in [-0.15, -0.1) is 0 Å². The van der Waals surface area contributed by atoms with E-state index in [-0.39, 0.29) is 28.7 Å². The number of carbonyl (C=O) groups is 2. The zero-order chi connectivity index (χ0) is 23.1. The molecule has 2 aromatic carbocycles. The fourth-order valence-corrected chi connectivity index (χ4v) is 3.41. The number of nitrogens with one attached hydrogen (secondary N) is 2. The van der Waals surface area contributed by atoms with Crippen molar-refractivity contribution < 1.29 is 24.7 Å². The van der Waals surface area contributed by atoms with E-state index in [2.05, 4.69) is 10.6 Å². The van der Waals surface area contributed by atoms with Crippen LogP contribution < -0.4 is 10.6 Å². The molecule has 2 atom stereocenters. The standard InChI is InChI=1S/C21H25BCl2N2O5/c1-12(2)9-19(22(30)31)26-21(29)18(10-13-3-6-15(27)7-4-13)25-20(28)16-11-14(23)5-8-17(16)24/h3-8,11-12,18-19,27,30-31H,9-10H2,1-2H3,(H,25,28)(H,26,29)/t18-,19-/m0/s1. The first-order chi connectivity index (χ1) is 14.6. The molecule has 0 unspecified atom stereocenters. The van der Waals surface area contributed by atoms with Gasteiger partial charge in [0.1, 0.15) is 11.8 Å². The van der Waals surface area contributed by atoms with Crippen molar-refractivity contribution in [1.82, 2.24) is 10.6 Å². The summed E-state index contributed by atoms with van der Waals surface area (Å²) >= 11 is 12.1. The van der Waals surface area contributed by atoms with Crippen molar-refractivity contribution in [2.24, 2.45) is 5.92 Å². The Kier molecular flexibility index (Phi) is 9.19. The van der Waals surface area contributed by atoms with Crippen LogP contribution in [0, 0.1) is 5.92 Å². The van der Waals surface area contributed by atoms with E-state index in [1.807, 2.05) is 13.8 Å². The number of hydrogen-bond acceptors (Lipinski definition) is 5. The summed E-state index contributed by atoms with van der Waals surface area (Å²) in [6.45, 7) is 3.77. The number of aromatic hydroxyl groups is 1. The Bertz CT molecular complexity index is 909. The number of carbonyl (C=O) groups excluding carboxylic acids is 2. The Labute approximate surface area is 191 Å². The van der Waals surface area contributed by atoms with Gasteiger partial charge in [-0.1, -0.05) is 49.2 Å². The Morgan fingerprint density at radius 2 is 1.68 bits per heavy atom. The van der Waals surface area contributed by atoms with Crippen LogP contribution in [0.2, 0.25) is 10.0 Å². The predicted molar refractivity (Wildman–Crippen MR) is 121 cm³/mol. The van der Waals surface area contributed by atoms with Gasteiger partial charge in [-0.25, -0.2) is 0 Å². The van der Waals surface area contributed by atoms with Gasteiger partial charge >= 0.3 is 7.12 Å². The van der Waals surface area contributed by atoms with Crippen molar-refractivity contribution in [1.29, 1.82) is 0 Å². The molecule has 2 amide bonds. The van der Waals surface area contributed by atoms with Crippen LogP contribution in [0.1, 0.15) is 36.2 Å². The summed E-state index contributed by atoms with van der Waals surface area (Å²) in [6.07, 6.45) is 0.440. The van der Waals surface area contributed by atoms with Gasteiger partial charge in [0, 0.05) is 11.4 Å². The maximum absolute atomic E-state index is 13.0. The molecule has 0 aromatic heterocycles. The van der Waals surface area contributed by atoms with E-state index in [0.29, 0.717) is 17.0 Å². The van der Waals surface area contributed by atoms with Crippen LogP contribution >= 0.6 is 23.2 Å². The van der Waals surface area contributed by atoms with Crippen LogP contribution in [0.15, 0.2) is 42.5 Å². The van der Waals surface area contributed by atoms with Crippen molar-refractivity contribution in [2.45, 2.75) is 38.7 Å². The molecule has 0 fully saturated rings. The largest absolute Gasteiger partial charge is 0.508 e. The van der Waals surface area contributed by atoms with E-state index in [4.69, 9.17) is 23.2 Å². The summed E-state index contributed by atoms with van der Waals surface area (Å²) in [4.78, 5) is 25.8. The minimum atomic E-state index is -1.75. The fourth-order valence-electron chi connectivity index (χ4n) is 3.03. The molecule has 0 bridgehead atoms. The second-order valence-electron chi connectivity index (χ2n) is 7.68. The lowest BCUT2D eigenvalue weighted by molar-refractivity contribution is -0.123. The number of phenols is 1. The summed E-state index contributed by atoms with van der Waals surface area (Å²) in [6, 6.07) is 9.57. The predicted octanol–water partition coefficient (Wildman–Crippen LogP) is 2.58. The monoisotopic (exact) mass is 466 g/mol. The number of benzene rings is 2. The lowest BCUT2D eigenvalue weighted by Crippen LogP contribution is -2.55. The van der Waals surface area contributed by atoms with Crippen LogP contribution in [0.5, 0.6) is 5.75 Å². The van der Waals surface area contributed by atoms with Gasteiger partial charge in [0.05, 0.1) is 16.5 Å². The lowest BCUT2D eigenvalue weighted by atomic mass is 9.75. The molecule has 0 saturated carbocycles. The maximum atomic E-state index is 13.0. The highest BCUT2D eigenvalue weighted by Gasteiger charge is 2.30. The Morgan fingerprint density at radius 1 is 1.03 bits per heavy atom. The normalized spacial score (nSPS) is 12.9. The molecule has 0 aliphatic carbocycles. The zero-order valence-corrected chi connectivity index (χ0v) is 18.7. The summed E-state index contributed by atoms with van der Waals surface area (Å²) in [5, 5.41) is 34.5. The fraction of sp³-hybridized carbons (Fsp3) is 0.333. The number of amides is 2. The van der Waals surface area contributed by atoms with Crippen LogP contribution in [-0.4, -0.2) is 46.1 Å². The van der Waals surface area contributed by atoms with E-state index >= 15 is 0 Å². The maximum Gasteiger partial charge on any atom is 0.475 e. The highest BCUT2D eigenvalue weighted by Crippen LogP contribution is 2.21. The van der Waals surface area contributed by atoms with E-state index in [0.717, 1.165) is 0 Å². The molecule has 0 aliphatic rings. The molecular formula is C21H25BCl2N2O5. The molecule has 31 heavy (non-hydrogen) atoms. The van der Waals surface area contributed by atoms with Gasteiger partial charge in [0.2, 0.25) is 5.91 Å². The van der Waals surface area contributed by atoms with Crippen LogP contribution in [-0.2, 0) is 11.2 Å². The van der Waals surface area contributed by atoms with Crippen molar-refractivity contribution in [3.05, 3.63) is 63.6 Å². The molecule has 0 spiro atoms. The van der Waals surface area contributed by atoms with Crippen LogP contribution in [0.4, 0.5) is 0 Å².